The summed E-state index contributed by atoms with van der Waals surface area (Å²) in [4.78, 5) is 8.16. The number of anilines is 1. The molecule has 0 spiro atoms. The van der Waals surface area contributed by atoms with Crippen LogP contribution in [-0.2, 0) is 0 Å². The number of hydrogen-bond donors (Lipinski definition) is 1. The minimum atomic E-state index is -0.752. The highest BCUT2D eigenvalue weighted by Gasteiger charge is 2.27. The van der Waals surface area contributed by atoms with Crippen molar-refractivity contribution in [1.82, 2.24) is 9.97 Å². The number of halogens is 2. The zero-order chi connectivity index (χ0) is 9.97. The van der Waals surface area contributed by atoms with E-state index in [1.807, 2.05) is 0 Å². The molecule has 0 unspecified atom stereocenters. The first-order valence-electron chi connectivity index (χ1n) is 4.64. The molecular formula is C9H11FIN3. The molecule has 1 aromatic heterocycles. The molecule has 0 amide bonds. The van der Waals surface area contributed by atoms with Crippen molar-refractivity contribution in [1.29, 1.82) is 0 Å². The van der Waals surface area contributed by atoms with Gasteiger partial charge >= 0.3 is 0 Å². The van der Waals surface area contributed by atoms with E-state index in [2.05, 4.69) is 37.9 Å². The molecule has 1 saturated carbocycles. The van der Waals surface area contributed by atoms with E-state index in [0.717, 1.165) is 16.4 Å². The van der Waals surface area contributed by atoms with Crippen LogP contribution in [0.4, 0.5) is 10.3 Å². The van der Waals surface area contributed by atoms with E-state index in [4.69, 9.17) is 0 Å². The van der Waals surface area contributed by atoms with Crippen LogP contribution in [-0.4, -0.2) is 22.2 Å². The Morgan fingerprint density at radius 2 is 2.07 bits per heavy atom. The van der Waals surface area contributed by atoms with Crippen molar-refractivity contribution in [3.05, 3.63) is 16.0 Å². The maximum Gasteiger partial charge on any atom is 0.222 e. The molecule has 2 atom stereocenters. The van der Waals surface area contributed by atoms with Crippen molar-refractivity contribution in [3.8, 4) is 0 Å². The number of hydrogen-bond acceptors (Lipinski definition) is 3. The summed E-state index contributed by atoms with van der Waals surface area (Å²) in [6.07, 6.45) is 5.16. The summed E-state index contributed by atoms with van der Waals surface area (Å²) >= 11 is 2.14. The minimum Gasteiger partial charge on any atom is -0.349 e. The monoisotopic (exact) mass is 307 g/mol. The molecule has 14 heavy (non-hydrogen) atoms. The van der Waals surface area contributed by atoms with E-state index >= 15 is 0 Å². The molecule has 1 aliphatic rings. The number of nitrogens with one attached hydrogen (secondary N) is 1. The van der Waals surface area contributed by atoms with Gasteiger partial charge in [-0.1, -0.05) is 0 Å². The van der Waals surface area contributed by atoms with Gasteiger partial charge in [-0.3, -0.25) is 0 Å². The fourth-order valence-electron chi connectivity index (χ4n) is 1.63. The predicted octanol–water partition coefficient (Wildman–Crippen LogP) is 2.38. The molecule has 1 aliphatic carbocycles. The first kappa shape index (κ1) is 10.1. The van der Waals surface area contributed by atoms with Gasteiger partial charge in [-0.25, -0.2) is 14.4 Å². The Kier molecular flexibility index (Phi) is 3.15. The summed E-state index contributed by atoms with van der Waals surface area (Å²) in [5, 5.41) is 3.02. The van der Waals surface area contributed by atoms with Crippen LogP contribution in [0.1, 0.15) is 19.3 Å². The van der Waals surface area contributed by atoms with Crippen molar-refractivity contribution in [2.75, 3.05) is 5.32 Å². The third kappa shape index (κ3) is 2.31. The molecule has 5 heteroatoms. The van der Waals surface area contributed by atoms with Gasteiger partial charge in [0.25, 0.3) is 0 Å². The molecule has 0 saturated heterocycles. The van der Waals surface area contributed by atoms with Crippen LogP contribution in [0.25, 0.3) is 0 Å². The normalized spacial score (nSPS) is 26.4. The summed E-state index contributed by atoms with van der Waals surface area (Å²) in [6.45, 7) is 0. The maximum absolute atomic E-state index is 13.2. The third-order valence-corrected chi connectivity index (χ3v) is 2.92. The van der Waals surface area contributed by atoms with Crippen molar-refractivity contribution in [2.45, 2.75) is 31.5 Å². The Labute approximate surface area is 95.7 Å². The highest BCUT2D eigenvalue weighted by Crippen LogP contribution is 2.24. The Hall–Kier alpha value is -0.460. The average Bonchev–Trinajstić information content (AvgIpc) is 2.56. The second-order valence-corrected chi connectivity index (χ2v) is 4.67. The van der Waals surface area contributed by atoms with E-state index in [1.165, 1.54) is 0 Å². The van der Waals surface area contributed by atoms with Gasteiger partial charge in [0.1, 0.15) is 6.17 Å². The van der Waals surface area contributed by atoms with Gasteiger partial charge in [0.2, 0.25) is 5.95 Å². The van der Waals surface area contributed by atoms with Gasteiger partial charge in [0.15, 0.2) is 0 Å². The predicted molar refractivity (Wildman–Crippen MR) is 60.9 cm³/mol. The first-order valence-corrected chi connectivity index (χ1v) is 5.72. The van der Waals surface area contributed by atoms with Crippen LogP contribution in [0.15, 0.2) is 12.4 Å². The largest absolute Gasteiger partial charge is 0.349 e. The third-order valence-electron chi connectivity index (χ3n) is 2.37. The van der Waals surface area contributed by atoms with E-state index in [1.54, 1.807) is 12.4 Å². The Bertz CT molecular complexity index is 303. The van der Waals surface area contributed by atoms with Gasteiger partial charge < -0.3 is 5.32 Å². The lowest BCUT2D eigenvalue weighted by Gasteiger charge is -2.14. The number of alkyl halides is 1. The second kappa shape index (κ2) is 4.37. The number of aromatic nitrogens is 2. The van der Waals surface area contributed by atoms with Crippen LogP contribution < -0.4 is 5.32 Å². The van der Waals surface area contributed by atoms with Gasteiger partial charge in [0, 0.05) is 16.0 Å². The SMILES string of the molecule is F[C@@H]1CCC[C@@H]1Nc1ncc(I)cn1. The van der Waals surface area contributed by atoms with Crippen molar-refractivity contribution in [3.63, 3.8) is 0 Å². The van der Waals surface area contributed by atoms with Gasteiger partial charge in [-0.05, 0) is 41.9 Å². The van der Waals surface area contributed by atoms with E-state index in [0.29, 0.717) is 12.4 Å². The van der Waals surface area contributed by atoms with E-state index in [-0.39, 0.29) is 6.04 Å². The van der Waals surface area contributed by atoms with Crippen LogP contribution in [0.3, 0.4) is 0 Å². The smallest absolute Gasteiger partial charge is 0.222 e. The van der Waals surface area contributed by atoms with E-state index in [9.17, 15) is 4.39 Å². The van der Waals surface area contributed by atoms with Crippen molar-refractivity contribution < 1.29 is 4.39 Å². The summed E-state index contributed by atoms with van der Waals surface area (Å²) in [7, 11) is 0. The summed E-state index contributed by atoms with van der Waals surface area (Å²) in [5.74, 6) is 0.528. The van der Waals surface area contributed by atoms with Gasteiger partial charge in [0.05, 0.1) is 6.04 Å². The second-order valence-electron chi connectivity index (χ2n) is 3.42. The lowest BCUT2D eigenvalue weighted by Crippen LogP contribution is -2.25. The Morgan fingerprint density at radius 3 is 2.64 bits per heavy atom. The molecule has 0 bridgehead atoms. The molecule has 0 aliphatic heterocycles. The van der Waals surface area contributed by atoms with Crippen LogP contribution in [0.2, 0.25) is 0 Å². The quantitative estimate of drug-likeness (QED) is 0.853. The van der Waals surface area contributed by atoms with Gasteiger partial charge in [-0.2, -0.15) is 0 Å². The van der Waals surface area contributed by atoms with Crippen LogP contribution in [0, 0.1) is 3.57 Å². The van der Waals surface area contributed by atoms with Crippen molar-refractivity contribution in [2.24, 2.45) is 0 Å². The fourth-order valence-corrected chi connectivity index (χ4v) is 1.91. The number of rotatable bonds is 2. The molecule has 1 N–H and O–H groups in total. The maximum atomic E-state index is 13.2. The minimum absolute atomic E-state index is 0.102. The molecular weight excluding hydrogens is 296 g/mol. The average molecular weight is 307 g/mol. The molecule has 1 heterocycles. The Morgan fingerprint density at radius 1 is 1.36 bits per heavy atom. The lowest BCUT2D eigenvalue weighted by molar-refractivity contribution is 0.323. The first-order chi connectivity index (χ1) is 6.75. The Balaban J connectivity index is 2.00. The molecule has 0 radical (unpaired) electrons. The summed E-state index contributed by atoms with van der Waals surface area (Å²) in [5.41, 5.74) is 0. The zero-order valence-electron chi connectivity index (χ0n) is 7.58. The zero-order valence-corrected chi connectivity index (χ0v) is 9.74. The molecule has 2 rings (SSSR count). The van der Waals surface area contributed by atoms with Crippen LogP contribution >= 0.6 is 22.6 Å². The fraction of sp³-hybridized carbons (Fsp3) is 0.556. The van der Waals surface area contributed by atoms with Crippen molar-refractivity contribution >= 4 is 28.5 Å². The van der Waals surface area contributed by atoms with Gasteiger partial charge in [-0.15, -0.1) is 0 Å². The topological polar surface area (TPSA) is 37.8 Å². The molecule has 1 fully saturated rings. The molecule has 3 nitrogen and oxygen atoms in total. The highest BCUT2D eigenvalue weighted by atomic mass is 127. The van der Waals surface area contributed by atoms with Crippen LogP contribution in [0.5, 0.6) is 0 Å². The summed E-state index contributed by atoms with van der Waals surface area (Å²) < 4.78 is 14.2. The highest BCUT2D eigenvalue weighted by molar-refractivity contribution is 14.1. The molecule has 76 valence electrons. The number of nitrogens with zero attached hydrogens (tertiary/aromatic N) is 2. The standard InChI is InChI=1S/C9H11FIN3/c10-7-2-1-3-8(7)14-9-12-4-6(11)5-13-9/h4-5,7-8H,1-3H2,(H,12,13,14)/t7-,8+/m1/s1. The lowest BCUT2D eigenvalue weighted by atomic mass is 10.2. The van der Waals surface area contributed by atoms with E-state index < -0.39 is 6.17 Å². The molecule has 1 aromatic rings. The summed E-state index contributed by atoms with van der Waals surface area (Å²) in [6, 6.07) is -0.102. The molecule has 0 aromatic carbocycles.